The van der Waals surface area contributed by atoms with Gasteiger partial charge in [0.15, 0.2) is 0 Å². The number of thioether (sulfide) groups is 1. The summed E-state index contributed by atoms with van der Waals surface area (Å²) in [5, 5.41) is 0.719. The predicted octanol–water partition coefficient (Wildman–Crippen LogP) is 7.11. The molecule has 0 saturated carbocycles. The van der Waals surface area contributed by atoms with Crippen molar-refractivity contribution in [2.24, 2.45) is 0 Å². The zero-order valence-corrected chi connectivity index (χ0v) is 19.1. The van der Waals surface area contributed by atoms with E-state index in [1.54, 1.807) is 60.7 Å². The van der Waals surface area contributed by atoms with Gasteiger partial charge in [0.2, 0.25) is 0 Å². The first-order chi connectivity index (χ1) is 15.3. The van der Waals surface area contributed by atoms with Gasteiger partial charge in [-0.2, -0.15) is 0 Å². The van der Waals surface area contributed by atoms with Gasteiger partial charge in [0, 0.05) is 10.0 Å². The smallest absolute Gasteiger partial charge is 0.345 e. The van der Waals surface area contributed by atoms with Crippen molar-refractivity contribution in [1.82, 2.24) is 0 Å². The molecule has 3 aromatic carbocycles. The number of esters is 1. The average Bonchev–Trinajstić information content (AvgIpc) is 3.03. The Balaban J connectivity index is 1.48. The van der Waals surface area contributed by atoms with Gasteiger partial charge in [-0.25, -0.2) is 9.69 Å². The minimum absolute atomic E-state index is 0.190. The molecule has 0 N–H and O–H groups in total. The van der Waals surface area contributed by atoms with Gasteiger partial charge in [-0.1, -0.05) is 46.9 Å². The zero-order chi connectivity index (χ0) is 22.8. The van der Waals surface area contributed by atoms with Gasteiger partial charge in [0.25, 0.3) is 11.1 Å². The fraction of sp³-hybridized carbons (Fsp3) is 0. The zero-order valence-electron chi connectivity index (χ0n) is 16.1. The predicted molar refractivity (Wildman–Crippen MR) is 128 cm³/mol. The standard InChI is InChI=1S/C23H12Cl3NO4S/c24-14-3-6-16(7-4-14)27-21(28)20(32-23(27)30)11-13-1-8-17(9-2-13)31-22(29)18-10-5-15(25)12-19(18)26/h1-12H/b20-11-. The summed E-state index contributed by atoms with van der Waals surface area (Å²) < 4.78 is 5.34. The first-order valence-electron chi connectivity index (χ1n) is 9.12. The number of anilines is 1. The second-order valence-electron chi connectivity index (χ2n) is 6.58. The molecule has 1 aliphatic heterocycles. The summed E-state index contributed by atoms with van der Waals surface area (Å²) in [4.78, 5) is 38.8. The van der Waals surface area contributed by atoms with E-state index in [1.807, 2.05) is 0 Å². The summed E-state index contributed by atoms with van der Waals surface area (Å²) in [7, 11) is 0. The van der Waals surface area contributed by atoms with Crippen molar-refractivity contribution in [1.29, 1.82) is 0 Å². The molecule has 1 aliphatic rings. The number of hydrogen-bond acceptors (Lipinski definition) is 5. The molecule has 0 aromatic heterocycles. The summed E-state index contributed by atoms with van der Waals surface area (Å²) in [6.07, 6.45) is 1.60. The molecule has 3 aromatic rings. The molecule has 2 amide bonds. The number of nitrogens with zero attached hydrogens (tertiary/aromatic N) is 1. The van der Waals surface area contributed by atoms with Crippen molar-refractivity contribution in [2.75, 3.05) is 4.90 Å². The van der Waals surface area contributed by atoms with Crippen molar-refractivity contribution in [2.45, 2.75) is 0 Å². The van der Waals surface area contributed by atoms with Crippen molar-refractivity contribution in [3.63, 3.8) is 0 Å². The van der Waals surface area contributed by atoms with Crippen LogP contribution in [-0.4, -0.2) is 17.1 Å². The molecule has 160 valence electrons. The maximum Gasteiger partial charge on any atom is 0.345 e. The number of ether oxygens (including phenoxy) is 1. The van der Waals surface area contributed by atoms with E-state index >= 15 is 0 Å². The number of hydrogen-bond donors (Lipinski definition) is 0. The third kappa shape index (κ3) is 4.84. The summed E-state index contributed by atoms with van der Waals surface area (Å²) in [5.74, 6) is -0.744. The van der Waals surface area contributed by atoms with Gasteiger partial charge >= 0.3 is 5.97 Å². The number of rotatable bonds is 4. The van der Waals surface area contributed by atoms with E-state index in [-0.39, 0.29) is 15.5 Å². The number of amides is 2. The van der Waals surface area contributed by atoms with Crippen LogP contribution in [-0.2, 0) is 4.79 Å². The van der Waals surface area contributed by atoms with Crippen molar-refractivity contribution < 1.29 is 19.1 Å². The average molecular weight is 505 g/mol. The molecule has 0 atom stereocenters. The highest BCUT2D eigenvalue weighted by Crippen LogP contribution is 2.36. The van der Waals surface area contributed by atoms with Crippen LogP contribution >= 0.6 is 46.6 Å². The molecule has 5 nitrogen and oxygen atoms in total. The molecule has 0 radical (unpaired) electrons. The van der Waals surface area contributed by atoms with Gasteiger partial charge in [0.1, 0.15) is 5.75 Å². The minimum Gasteiger partial charge on any atom is -0.423 e. The summed E-state index contributed by atoms with van der Waals surface area (Å²) >= 11 is 18.6. The number of carbonyl (C=O) groups is 3. The molecule has 0 unspecified atom stereocenters. The lowest BCUT2D eigenvalue weighted by atomic mass is 10.2. The lowest BCUT2D eigenvalue weighted by Gasteiger charge is -2.12. The van der Waals surface area contributed by atoms with Crippen molar-refractivity contribution >= 4 is 75.4 Å². The molecule has 4 rings (SSSR count). The van der Waals surface area contributed by atoms with Crippen LogP contribution in [0.4, 0.5) is 10.5 Å². The third-order valence-corrected chi connectivity index (χ3v) is 6.09. The van der Waals surface area contributed by atoms with Crippen LogP contribution in [0, 0.1) is 0 Å². The lowest BCUT2D eigenvalue weighted by molar-refractivity contribution is -0.113. The van der Waals surface area contributed by atoms with Gasteiger partial charge in [-0.3, -0.25) is 9.59 Å². The highest BCUT2D eigenvalue weighted by Gasteiger charge is 2.36. The summed E-state index contributed by atoms with van der Waals surface area (Å²) in [6.45, 7) is 0. The van der Waals surface area contributed by atoms with Gasteiger partial charge < -0.3 is 4.74 Å². The number of benzene rings is 3. The van der Waals surface area contributed by atoms with Crippen LogP contribution in [0.25, 0.3) is 6.08 Å². The van der Waals surface area contributed by atoms with Crippen LogP contribution < -0.4 is 9.64 Å². The van der Waals surface area contributed by atoms with E-state index in [9.17, 15) is 14.4 Å². The molecule has 1 fully saturated rings. The highest BCUT2D eigenvalue weighted by molar-refractivity contribution is 8.19. The molecular weight excluding hydrogens is 493 g/mol. The molecule has 9 heteroatoms. The third-order valence-electron chi connectivity index (χ3n) is 4.42. The highest BCUT2D eigenvalue weighted by atomic mass is 35.5. The number of carbonyl (C=O) groups excluding carboxylic acids is 3. The van der Waals surface area contributed by atoms with Crippen molar-refractivity contribution in [3.8, 4) is 5.75 Å². The molecule has 0 aliphatic carbocycles. The Morgan fingerprint density at radius 2 is 1.53 bits per heavy atom. The Labute approximate surface area is 202 Å². The minimum atomic E-state index is -0.622. The van der Waals surface area contributed by atoms with E-state index in [4.69, 9.17) is 39.5 Å². The fourth-order valence-corrected chi connectivity index (χ4v) is 4.33. The maximum atomic E-state index is 12.7. The van der Waals surface area contributed by atoms with E-state index in [0.29, 0.717) is 27.0 Å². The van der Waals surface area contributed by atoms with Crippen LogP contribution in [0.3, 0.4) is 0 Å². The quantitative estimate of drug-likeness (QED) is 0.215. The Bertz CT molecular complexity index is 1260. The molecule has 1 saturated heterocycles. The second-order valence-corrected chi connectivity index (χ2v) is 8.85. The van der Waals surface area contributed by atoms with E-state index < -0.39 is 17.1 Å². The topological polar surface area (TPSA) is 63.7 Å². The van der Waals surface area contributed by atoms with Crippen LogP contribution in [0.15, 0.2) is 71.6 Å². The van der Waals surface area contributed by atoms with Crippen LogP contribution in [0.2, 0.25) is 15.1 Å². The maximum absolute atomic E-state index is 12.7. The normalized spacial score (nSPS) is 14.8. The van der Waals surface area contributed by atoms with E-state index in [2.05, 4.69) is 0 Å². The van der Waals surface area contributed by atoms with Crippen LogP contribution in [0.1, 0.15) is 15.9 Å². The Hall–Kier alpha value is -2.77. The van der Waals surface area contributed by atoms with Gasteiger partial charge in [0.05, 0.1) is 21.2 Å². The monoisotopic (exact) mass is 503 g/mol. The summed E-state index contributed by atoms with van der Waals surface area (Å²) in [5.41, 5.74) is 1.30. The second kappa shape index (κ2) is 9.38. The lowest BCUT2D eigenvalue weighted by Crippen LogP contribution is -2.27. The van der Waals surface area contributed by atoms with Gasteiger partial charge in [-0.05, 0) is 78.0 Å². The SMILES string of the molecule is O=C(Oc1ccc(/C=C2\SC(=O)N(c3ccc(Cl)cc3)C2=O)cc1)c1ccc(Cl)cc1Cl. The Morgan fingerprint density at radius 1 is 0.875 bits per heavy atom. The molecule has 32 heavy (non-hydrogen) atoms. The Kier molecular flexibility index (Phi) is 6.58. The molecular formula is C23H12Cl3NO4S. The van der Waals surface area contributed by atoms with Gasteiger partial charge in [-0.15, -0.1) is 0 Å². The first-order valence-corrected chi connectivity index (χ1v) is 11.1. The summed E-state index contributed by atoms with van der Waals surface area (Å²) in [6, 6.07) is 17.4. The molecule has 1 heterocycles. The van der Waals surface area contributed by atoms with Crippen molar-refractivity contribution in [3.05, 3.63) is 97.8 Å². The largest absolute Gasteiger partial charge is 0.423 e. The Morgan fingerprint density at radius 3 is 2.19 bits per heavy atom. The fourth-order valence-electron chi connectivity index (χ4n) is 2.88. The number of imide groups is 1. The van der Waals surface area contributed by atoms with Crippen LogP contribution in [0.5, 0.6) is 5.75 Å². The first kappa shape index (κ1) is 22.4. The molecule has 0 bridgehead atoms. The number of halogens is 3. The van der Waals surface area contributed by atoms with E-state index in [0.717, 1.165) is 16.7 Å². The molecule has 0 spiro atoms. The van der Waals surface area contributed by atoms with E-state index in [1.165, 1.54) is 12.1 Å².